The maximum atomic E-state index is 11.1. The molecular formula is C16H23N3O2. The van der Waals surface area contributed by atoms with Crippen LogP contribution in [0.25, 0.3) is 0 Å². The molecule has 1 fully saturated rings. The summed E-state index contributed by atoms with van der Waals surface area (Å²) in [6.07, 6.45) is 3.74. The van der Waals surface area contributed by atoms with Gasteiger partial charge < -0.3 is 15.8 Å². The van der Waals surface area contributed by atoms with E-state index in [0.717, 1.165) is 44.6 Å². The molecule has 1 aliphatic heterocycles. The number of nitrogens with one attached hydrogen (secondary N) is 2. The first-order chi connectivity index (χ1) is 10.2. The van der Waals surface area contributed by atoms with Crippen LogP contribution in [0, 0.1) is 11.3 Å². The summed E-state index contributed by atoms with van der Waals surface area (Å²) >= 11 is 0. The smallest absolute Gasteiger partial charge is 0.336 e. The van der Waals surface area contributed by atoms with Crippen molar-refractivity contribution in [2.75, 3.05) is 26.2 Å². The second-order valence-corrected chi connectivity index (χ2v) is 5.54. The zero-order valence-electron chi connectivity index (χ0n) is 12.2. The molecule has 0 radical (unpaired) electrons. The Morgan fingerprint density at radius 1 is 1.38 bits per heavy atom. The number of carbonyl (C=O) groups is 1. The minimum Gasteiger partial charge on any atom is -0.478 e. The summed E-state index contributed by atoms with van der Waals surface area (Å²) < 4.78 is 0. The molecule has 0 aliphatic carbocycles. The van der Waals surface area contributed by atoms with Gasteiger partial charge in [-0.05, 0) is 50.0 Å². The summed E-state index contributed by atoms with van der Waals surface area (Å²) in [6, 6.07) is 7.14. The van der Waals surface area contributed by atoms with Gasteiger partial charge in [-0.2, -0.15) is 0 Å². The highest BCUT2D eigenvalue weighted by Crippen LogP contribution is 2.16. The van der Waals surface area contributed by atoms with E-state index in [-0.39, 0.29) is 0 Å². The molecule has 0 unspecified atom stereocenters. The van der Waals surface area contributed by atoms with Gasteiger partial charge in [0, 0.05) is 19.3 Å². The number of carboxylic acids is 1. The van der Waals surface area contributed by atoms with E-state index < -0.39 is 5.97 Å². The molecule has 0 amide bonds. The van der Waals surface area contributed by atoms with Crippen LogP contribution in [-0.2, 0) is 6.54 Å². The molecule has 1 saturated heterocycles. The summed E-state index contributed by atoms with van der Waals surface area (Å²) in [6.45, 7) is 4.38. The van der Waals surface area contributed by atoms with Crippen LogP contribution < -0.4 is 5.32 Å². The predicted molar refractivity (Wildman–Crippen MR) is 83.1 cm³/mol. The van der Waals surface area contributed by atoms with E-state index in [1.54, 1.807) is 12.1 Å². The minimum absolute atomic E-state index is 0.380. The Balaban J connectivity index is 1.75. The molecule has 1 aromatic rings. The number of rotatable bonds is 7. The van der Waals surface area contributed by atoms with Crippen LogP contribution in [0.3, 0.4) is 0 Å². The van der Waals surface area contributed by atoms with Gasteiger partial charge in [-0.15, -0.1) is 0 Å². The fraction of sp³-hybridized carbons (Fsp3) is 0.500. The number of aromatic carboxylic acids is 1. The maximum Gasteiger partial charge on any atom is 0.336 e. The number of hydrogen-bond donors (Lipinski definition) is 3. The maximum absolute atomic E-state index is 11.1. The topological polar surface area (TPSA) is 76.4 Å². The van der Waals surface area contributed by atoms with Crippen molar-refractivity contribution in [2.45, 2.75) is 19.4 Å². The summed E-state index contributed by atoms with van der Waals surface area (Å²) in [5.74, 6) is -0.226. The molecule has 5 nitrogen and oxygen atoms in total. The second kappa shape index (κ2) is 7.90. The van der Waals surface area contributed by atoms with Gasteiger partial charge in [0.15, 0.2) is 0 Å². The number of hydrogen-bond acceptors (Lipinski definition) is 4. The Kier molecular flexibility index (Phi) is 5.90. The SMILES string of the molecule is N=CCN1CCC(CNCc2ccccc2C(=O)O)CC1. The van der Waals surface area contributed by atoms with Crippen LogP contribution in [0.15, 0.2) is 24.3 Å². The van der Waals surface area contributed by atoms with E-state index in [0.29, 0.717) is 18.0 Å². The zero-order valence-corrected chi connectivity index (χ0v) is 12.2. The summed E-state index contributed by atoms with van der Waals surface area (Å²) in [7, 11) is 0. The lowest BCUT2D eigenvalue weighted by atomic mass is 9.96. The lowest BCUT2D eigenvalue weighted by Crippen LogP contribution is -2.38. The molecular weight excluding hydrogens is 266 g/mol. The Labute approximate surface area is 125 Å². The first kappa shape index (κ1) is 15.7. The molecule has 0 aromatic heterocycles. The molecule has 2 rings (SSSR count). The standard InChI is InChI=1S/C16H23N3O2/c17-7-10-19-8-5-13(6-9-19)11-18-12-14-3-1-2-4-15(14)16(20)21/h1-4,7,13,17-18H,5-6,8-12H2,(H,20,21). The van der Waals surface area contributed by atoms with Crippen LogP contribution in [0.1, 0.15) is 28.8 Å². The van der Waals surface area contributed by atoms with Gasteiger partial charge in [0.25, 0.3) is 0 Å². The van der Waals surface area contributed by atoms with Crippen molar-refractivity contribution in [1.29, 1.82) is 5.41 Å². The molecule has 21 heavy (non-hydrogen) atoms. The van der Waals surface area contributed by atoms with Gasteiger partial charge >= 0.3 is 5.97 Å². The van der Waals surface area contributed by atoms with E-state index >= 15 is 0 Å². The van der Waals surface area contributed by atoms with Crippen molar-refractivity contribution in [3.05, 3.63) is 35.4 Å². The molecule has 5 heteroatoms. The van der Waals surface area contributed by atoms with E-state index in [1.165, 1.54) is 6.21 Å². The summed E-state index contributed by atoms with van der Waals surface area (Å²) in [5.41, 5.74) is 1.22. The highest BCUT2D eigenvalue weighted by molar-refractivity contribution is 5.89. The molecule has 0 atom stereocenters. The lowest BCUT2D eigenvalue weighted by Gasteiger charge is -2.31. The van der Waals surface area contributed by atoms with Crippen LogP contribution in [0.4, 0.5) is 0 Å². The van der Waals surface area contributed by atoms with Crippen LogP contribution in [0.5, 0.6) is 0 Å². The second-order valence-electron chi connectivity index (χ2n) is 5.54. The van der Waals surface area contributed by atoms with Gasteiger partial charge in [-0.3, -0.25) is 4.90 Å². The quantitative estimate of drug-likeness (QED) is 0.669. The van der Waals surface area contributed by atoms with Crippen molar-refractivity contribution in [1.82, 2.24) is 10.2 Å². The van der Waals surface area contributed by atoms with Crippen LogP contribution in [0.2, 0.25) is 0 Å². The minimum atomic E-state index is -0.868. The highest BCUT2D eigenvalue weighted by atomic mass is 16.4. The predicted octanol–water partition coefficient (Wildman–Crippen LogP) is 1.84. The highest BCUT2D eigenvalue weighted by Gasteiger charge is 2.18. The molecule has 114 valence electrons. The molecule has 1 aromatic carbocycles. The number of benzene rings is 1. The summed E-state index contributed by atoms with van der Waals surface area (Å²) in [5, 5.41) is 19.7. The first-order valence-electron chi connectivity index (χ1n) is 7.44. The van der Waals surface area contributed by atoms with Gasteiger partial charge in [0.1, 0.15) is 0 Å². The van der Waals surface area contributed by atoms with Gasteiger partial charge in [0.05, 0.1) is 5.56 Å². The normalized spacial score (nSPS) is 16.8. The summed E-state index contributed by atoms with van der Waals surface area (Å²) in [4.78, 5) is 13.4. The third kappa shape index (κ3) is 4.65. The number of likely N-dealkylation sites (tertiary alicyclic amines) is 1. The Hall–Kier alpha value is -1.72. The van der Waals surface area contributed by atoms with Crippen LogP contribution >= 0.6 is 0 Å². The van der Waals surface area contributed by atoms with E-state index in [4.69, 9.17) is 10.5 Å². The number of carboxylic acid groups (broad SMARTS) is 1. The van der Waals surface area contributed by atoms with Crippen molar-refractivity contribution in [3.63, 3.8) is 0 Å². The van der Waals surface area contributed by atoms with E-state index in [2.05, 4.69) is 10.2 Å². The Morgan fingerprint density at radius 2 is 2.10 bits per heavy atom. The van der Waals surface area contributed by atoms with E-state index in [1.807, 2.05) is 12.1 Å². The zero-order chi connectivity index (χ0) is 15.1. The monoisotopic (exact) mass is 289 g/mol. The fourth-order valence-electron chi connectivity index (χ4n) is 2.80. The van der Waals surface area contributed by atoms with Gasteiger partial charge in [0.2, 0.25) is 0 Å². The Bertz CT molecular complexity index is 482. The van der Waals surface area contributed by atoms with Gasteiger partial charge in [-0.25, -0.2) is 4.79 Å². The van der Waals surface area contributed by atoms with Crippen molar-refractivity contribution in [2.24, 2.45) is 5.92 Å². The van der Waals surface area contributed by atoms with Gasteiger partial charge in [-0.1, -0.05) is 18.2 Å². The molecule has 0 saturated carbocycles. The molecule has 1 heterocycles. The van der Waals surface area contributed by atoms with Crippen molar-refractivity contribution < 1.29 is 9.90 Å². The van der Waals surface area contributed by atoms with Crippen molar-refractivity contribution in [3.8, 4) is 0 Å². The largest absolute Gasteiger partial charge is 0.478 e. The fourth-order valence-corrected chi connectivity index (χ4v) is 2.80. The lowest BCUT2D eigenvalue weighted by molar-refractivity contribution is 0.0695. The average Bonchev–Trinajstić information content (AvgIpc) is 2.50. The Morgan fingerprint density at radius 3 is 2.76 bits per heavy atom. The molecule has 0 bridgehead atoms. The van der Waals surface area contributed by atoms with Crippen molar-refractivity contribution >= 4 is 12.2 Å². The van der Waals surface area contributed by atoms with E-state index in [9.17, 15) is 4.79 Å². The first-order valence-corrected chi connectivity index (χ1v) is 7.44. The molecule has 3 N–H and O–H groups in total. The molecule has 1 aliphatic rings. The average molecular weight is 289 g/mol. The third-order valence-electron chi connectivity index (χ3n) is 4.05. The van der Waals surface area contributed by atoms with Crippen LogP contribution in [-0.4, -0.2) is 48.4 Å². The third-order valence-corrected chi connectivity index (χ3v) is 4.05. The molecule has 0 spiro atoms. The number of piperidine rings is 1. The number of nitrogens with zero attached hydrogens (tertiary/aromatic N) is 1.